The summed E-state index contributed by atoms with van der Waals surface area (Å²) in [6.45, 7) is 2.53. The number of nitrogens with two attached hydrogens (primary N) is 1. The lowest BCUT2D eigenvalue weighted by Gasteiger charge is -2.30. The molecule has 0 aromatic heterocycles. The lowest BCUT2D eigenvalue weighted by molar-refractivity contribution is -0.114. The van der Waals surface area contributed by atoms with Gasteiger partial charge in [-0.2, -0.15) is 0 Å². The van der Waals surface area contributed by atoms with Crippen LogP contribution in [0.15, 0.2) is 42.0 Å². The molecule has 1 unspecified atom stereocenters. The van der Waals surface area contributed by atoms with Crippen molar-refractivity contribution in [3.05, 3.63) is 53.1 Å². The molecule has 1 atom stereocenters. The number of nitrogens with zero attached hydrogens (tertiary/aromatic N) is 1. The monoisotopic (exact) mass is 267 g/mol. The minimum absolute atomic E-state index is 0.321. The molecule has 3 heterocycles. The van der Waals surface area contributed by atoms with E-state index in [1.807, 2.05) is 6.07 Å². The summed E-state index contributed by atoms with van der Waals surface area (Å²) in [6, 6.07) is 8.31. The Hall–Kier alpha value is -2.07. The zero-order valence-electron chi connectivity index (χ0n) is 11.2. The van der Waals surface area contributed by atoms with E-state index in [4.69, 9.17) is 5.73 Å². The highest BCUT2D eigenvalue weighted by atomic mass is 16.1. The number of amides is 1. The van der Waals surface area contributed by atoms with Gasteiger partial charge in [-0.05, 0) is 12.0 Å². The van der Waals surface area contributed by atoms with Gasteiger partial charge in [0.1, 0.15) is 0 Å². The Morgan fingerprint density at radius 1 is 1.35 bits per heavy atom. The largest absolute Gasteiger partial charge is 0.368 e. The van der Waals surface area contributed by atoms with E-state index in [0.29, 0.717) is 0 Å². The Labute approximate surface area is 117 Å². The van der Waals surface area contributed by atoms with Gasteiger partial charge < -0.3 is 10.6 Å². The summed E-state index contributed by atoms with van der Waals surface area (Å²) in [7, 11) is 0. The molecule has 3 aliphatic rings. The number of nitrogens with one attached hydrogen (secondary N) is 1. The standard InChI is InChI=1S/C16H17N3O/c17-15(20)13-14-12-5-2-1-4-11(12)6-9-19(14)10-16(13)7-3-8-18-16/h1-5,7,18H,6,8-10H2,(H2,17,20). The maximum Gasteiger partial charge on any atom is 0.249 e. The molecule has 0 saturated heterocycles. The zero-order valence-corrected chi connectivity index (χ0v) is 11.2. The molecule has 1 spiro atoms. The zero-order chi connectivity index (χ0) is 13.7. The highest BCUT2D eigenvalue weighted by molar-refractivity contribution is 6.04. The van der Waals surface area contributed by atoms with Crippen LogP contribution in [0.4, 0.5) is 0 Å². The minimum Gasteiger partial charge on any atom is -0.368 e. The molecule has 102 valence electrons. The van der Waals surface area contributed by atoms with Gasteiger partial charge in [0.05, 0.1) is 16.8 Å². The first-order chi connectivity index (χ1) is 9.71. The number of hydrogen-bond acceptors (Lipinski definition) is 3. The van der Waals surface area contributed by atoms with Crippen molar-refractivity contribution < 1.29 is 4.79 Å². The average Bonchev–Trinajstić information content (AvgIpc) is 3.03. The van der Waals surface area contributed by atoms with Crippen molar-refractivity contribution >= 4 is 11.6 Å². The van der Waals surface area contributed by atoms with Crippen LogP contribution in [0.5, 0.6) is 0 Å². The second kappa shape index (κ2) is 3.96. The summed E-state index contributed by atoms with van der Waals surface area (Å²) in [6.07, 6.45) is 5.19. The van der Waals surface area contributed by atoms with Crippen molar-refractivity contribution in [3.63, 3.8) is 0 Å². The van der Waals surface area contributed by atoms with Gasteiger partial charge in [-0.1, -0.05) is 36.4 Å². The second-order valence-corrected chi connectivity index (χ2v) is 5.67. The molecule has 0 fully saturated rings. The predicted octanol–water partition coefficient (Wildman–Crippen LogP) is 0.653. The van der Waals surface area contributed by atoms with Gasteiger partial charge in [-0.15, -0.1) is 0 Å². The summed E-state index contributed by atoms with van der Waals surface area (Å²) in [5, 5.41) is 3.44. The Morgan fingerprint density at radius 3 is 2.95 bits per heavy atom. The van der Waals surface area contributed by atoms with Gasteiger partial charge in [-0.25, -0.2) is 0 Å². The minimum atomic E-state index is -0.390. The topological polar surface area (TPSA) is 58.4 Å². The van der Waals surface area contributed by atoms with E-state index in [-0.39, 0.29) is 5.91 Å². The van der Waals surface area contributed by atoms with E-state index in [2.05, 4.69) is 40.6 Å². The number of primary amides is 1. The van der Waals surface area contributed by atoms with E-state index in [1.165, 1.54) is 5.56 Å². The highest BCUT2D eigenvalue weighted by Gasteiger charge is 2.48. The molecule has 4 nitrogen and oxygen atoms in total. The summed E-state index contributed by atoms with van der Waals surface area (Å²) in [5.74, 6) is -0.321. The van der Waals surface area contributed by atoms with Crippen LogP contribution in [-0.2, 0) is 11.2 Å². The smallest absolute Gasteiger partial charge is 0.249 e. The fourth-order valence-electron chi connectivity index (χ4n) is 3.73. The molecule has 0 radical (unpaired) electrons. The predicted molar refractivity (Wildman–Crippen MR) is 77.7 cm³/mol. The fraction of sp³-hybridized carbons (Fsp3) is 0.312. The van der Waals surface area contributed by atoms with Gasteiger partial charge in [0.2, 0.25) is 5.91 Å². The molecule has 3 N–H and O–H groups in total. The van der Waals surface area contributed by atoms with E-state index >= 15 is 0 Å². The van der Waals surface area contributed by atoms with Crippen LogP contribution in [0.1, 0.15) is 11.1 Å². The molecule has 4 rings (SSSR count). The third-order valence-corrected chi connectivity index (χ3v) is 4.55. The van der Waals surface area contributed by atoms with Crippen molar-refractivity contribution in [2.45, 2.75) is 12.0 Å². The lowest BCUT2D eigenvalue weighted by Crippen LogP contribution is -2.48. The van der Waals surface area contributed by atoms with Crippen LogP contribution < -0.4 is 11.1 Å². The van der Waals surface area contributed by atoms with Crippen molar-refractivity contribution in [1.29, 1.82) is 0 Å². The van der Waals surface area contributed by atoms with E-state index in [9.17, 15) is 4.79 Å². The summed E-state index contributed by atoms with van der Waals surface area (Å²) >= 11 is 0. The van der Waals surface area contributed by atoms with Crippen LogP contribution >= 0.6 is 0 Å². The number of fused-ring (bicyclic) bond motifs is 3. The number of hydrogen-bond donors (Lipinski definition) is 2. The number of rotatable bonds is 1. The van der Waals surface area contributed by atoms with Crippen LogP contribution in [-0.4, -0.2) is 36.0 Å². The highest BCUT2D eigenvalue weighted by Crippen LogP contribution is 2.42. The van der Waals surface area contributed by atoms with E-state index < -0.39 is 5.54 Å². The third-order valence-electron chi connectivity index (χ3n) is 4.55. The first-order valence-corrected chi connectivity index (χ1v) is 7.02. The number of carbonyl (C=O) groups is 1. The third kappa shape index (κ3) is 1.42. The lowest BCUT2D eigenvalue weighted by atomic mass is 9.89. The normalized spacial score (nSPS) is 27.1. The molecule has 1 aromatic rings. The molecule has 4 heteroatoms. The van der Waals surface area contributed by atoms with Gasteiger partial charge in [-0.3, -0.25) is 10.1 Å². The van der Waals surface area contributed by atoms with Gasteiger partial charge in [0.15, 0.2) is 0 Å². The Bertz CT molecular complexity index is 661. The average molecular weight is 267 g/mol. The quantitative estimate of drug-likeness (QED) is 0.735. The SMILES string of the molecule is NC(=O)C1=C2c3ccccc3CCN2CC12C=CCN2. The van der Waals surface area contributed by atoms with E-state index in [1.54, 1.807) is 0 Å². The maximum absolute atomic E-state index is 12.1. The molecular formula is C16H17N3O. The molecule has 1 aromatic carbocycles. The molecule has 0 saturated carbocycles. The molecule has 3 aliphatic heterocycles. The molecule has 20 heavy (non-hydrogen) atoms. The number of benzene rings is 1. The molecule has 0 bridgehead atoms. The van der Waals surface area contributed by atoms with Crippen molar-refractivity contribution in [1.82, 2.24) is 10.2 Å². The van der Waals surface area contributed by atoms with E-state index in [0.717, 1.165) is 42.9 Å². The van der Waals surface area contributed by atoms with Crippen LogP contribution in [0.3, 0.4) is 0 Å². The second-order valence-electron chi connectivity index (χ2n) is 5.67. The summed E-state index contributed by atoms with van der Waals surface area (Å²) < 4.78 is 0. The fourth-order valence-corrected chi connectivity index (χ4v) is 3.73. The molecule has 1 amide bonds. The number of carbonyl (C=O) groups excluding carboxylic acids is 1. The molecule has 0 aliphatic carbocycles. The Balaban J connectivity index is 1.98. The van der Waals surface area contributed by atoms with Crippen LogP contribution in [0.2, 0.25) is 0 Å². The van der Waals surface area contributed by atoms with Gasteiger partial charge >= 0.3 is 0 Å². The Kier molecular flexibility index (Phi) is 2.32. The van der Waals surface area contributed by atoms with Crippen molar-refractivity contribution in [3.8, 4) is 0 Å². The summed E-state index contributed by atoms with van der Waals surface area (Å²) in [5.41, 5.74) is 9.54. The van der Waals surface area contributed by atoms with Crippen molar-refractivity contribution in [2.75, 3.05) is 19.6 Å². The first kappa shape index (κ1) is 11.7. The summed E-state index contributed by atoms with van der Waals surface area (Å²) in [4.78, 5) is 14.4. The maximum atomic E-state index is 12.1. The molecular weight excluding hydrogens is 250 g/mol. The Morgan fingerprint density at radius 2 is 2.20 bits per heavy atom. The van der Waals surface area contributed by atoms with Crippen LogP contribution in [0.25, 0.3) is 5.70 Å². The van der Waals surface area contributed by atoms with Crippen molar-refractivity contribution in [2.24, 2.45) is 5.73 Å². The van der Waals surface area contributed by atoms with Crippen LogP contribution in [0, 0.1) is 0 Å². The first-order valence-electron chi connectivity index (χ1n) is 7.02. The van der Waals surface area contributed by atoms with Gasteiger partial charge in [0.25, 0.3) is 0 Å². The van der Waals surface area contributed by atoms with Gasteiger partial charge in [0, 0.05) is 25.2 Å².